The third kappa shape index (κ3) is 2.23. The van der Waals surface area contributed by atoms with Crippen LogP contribution in [-0.4, -0.2) is 22.2 Å². The lowest BCUT2D eigenvalue weighted by atomic mass is 10.1. The van der Waals surface area contributed by atoms with Crippen LogP contribution in [0.5, 0.6) is 0 Å². The van der Waals surface area contributed by atoms with Crippen molar-refractivity contribution >= 4 is 40.1 Å². The van der Waals surface area contributed by atoms with E-state index in [2.05, 4.69) is 0 Å². The molecule has 0 spiro atoms. The Hall–Kier alpha value is -1.19. The molecule has 2 atom stereocenters. The second kappa shape index (κ2) is 4.65. The van der Waals surface area contributed by atoms with E-state index in [1.807, 2.05) is 37.3 Å². The van der Waals surface area contributed by atoms with Gasteiger partial charge in [-0.3, -0.25) is 4.79 Å². The highest BCUT2D eigenvalue weighted by Gasteiger charge is 2.68. The van der Waals surface area contributed by atoms with Gasteiger partial charge in [0.15, 0.2) is 0 Å². The van der Waals surface area contributed by atoms with Gasteiger partial charge in [0.2, 0.25) is 5.91 Å². The monoisotopic (exact) mass is 325 g/mol. The van der Waals surface area contributed by atoms with E-state index in [9.17, 15) is 4.79 Å². The second-order valence-corrected chi connectivity index (χ2v) is 7.48. The first kappa shape index (κ1) is 14.7. The molecule has 1 aromatic carbocycles. The molecule has 5 heteroatoms. The maximum atomic E-state index is 12.6. The molecule has 1 saturated carbocycles. The topological polar surface area (TPSA) is 33.5 Å². The first-order chi connectivity index (χ1) is 9.76. The lowest BCUT2D eigenvalue weighted by Crippen LogP contribution is -2.36. The predicted molar refractivity (Wildman–Crippen MR) is 84.6 cm³/mol. The van der Waals surface area contributed by atoms with Gasteiger partial charge in [-0.1, -0.05) is 18.2 Å². The van der Waals surface area contributed by atoms with Crippen LogP contribution < -0.4 is 0 Å². The number of alkyl halides is 2. The molecule has 1 heterocycles. The summed E-state index contributed by atoms with van der Waals surface area (Å²) in [5.74, 6) is 0.700. The van der Waals surface area contributed by atoms with Crippen LogP contribution in [0.4, 0.5) is 0 Å². The van der Waals surface area contributed by atoms with E-state index in [1.165, 1.54) is 0 Å². The maximum Gasteiger partial charge on any atom is 0.232 e. The SMILES string of the molecule is C[C@H](c1cc2ccccc2o1)N(C)C(=O)[C@]1(C)CC1(Cl)Cl. The Morgan fingerprint density at radius 1 is 1.38 bits per heavy atom. The molecule has 1 aromatic heterocycles. The molecule has 0 radical (unpaired) electrons. The Morgan fingerprint density at radius 2 is 2.00 bits per heavy atom. The predicted octanol–water partition coefficient (Wildman–Crippen LogP) is 4.54. The van der Waals surface area contributed by atoms with Gasteiger partial charge in [-0.25, -0.2) is 0 Å². The summed E-state index contributed by atoms with van der Waals surface area (Å²) in [7, 11) is 1.76. The molecular weight excluding hydrogens is 309 g/mol. The van der Waals surface area contributed by atoms with E-state index in [0.717, 1.165) is 16.7 Å². The summed E-state index contributed by atoms with van der Waals surface area (Å²) in [5, 5.41) is 1.03. The maximum absolute atomic E-state index is 12.6. The molecule has 0 unspecified atom stereocenters. The summed E-state index contributed by atoms with van der Waals surface area (Å²) >= 11 is 12.2. The Kier molecular flexibility index (Phi) is 3.26. The van der Waals surface area contributed by atoms with E-state index in [1.54, 1.807) is 18.9 Å². The van der Waals surface area contributed by atoms with E-state index in [0.29, 0.717) is 6.42 Å². The number of benzene rings is 1. The highest BCUT2D eigenvalue weighted by molar-refractivity contribution is 6.53. The summed E-state index contributed by atoms with van der Waals surface area (Å²) in [6.07, 6.45) is 0.485. The van der Waals surface area contributed by atoms with Crippen molar-refractivity contribution in [1.29, 1.82) is 0 Å². The van der Waals surface area contributed by atoms with Crippen LogP contribution in [0.15, 0.2) is 34.7 Å². The van der Waals surface area contributed by atoms with Gasteiger partial charge in [-0.2, -0.15) is 0 Å². The Labute approximate surface area is 133 Å². The molecule has 3 nitrogen and oxygen atoms in total. The fraction of sp³-hybridized carbons (Fsp3) is 0.438. The van der Waals surface area contributed by atoms with Gasteiger partial charge in [0.1, 0.15) is 15.7 Å². The number of furan rings is 1. The molecule has 1 fully saturated rings. The van der Waals surface area contributed by atoms with Crippen LogP contribution in [0.2, 0.25) is 0 Å². The summed E-state index contributed by atoms with van der Waals surface area (Å²) in [6, 6.07) is 9.58. The van der Waals surface area contributed by atoms with Gasteiger partial charge >= 0.3 is 0 Å². The number of hydrogen-bond acceptors (Lipinski definition) is 2. The number of rotatable bonds is 3. The quantitative estimate of drug-likeness (QED) is 0.776. The van der Waals surface area contributed by atoms with E-state index in [-0.39, 0.29) is 11.9 Å². The molecule has 112 valence electrons. The van der Waals surface area contributed by atoms with E-state index >= 15 is 0 Å². The Bertz CT molecular complexity index is 676. The number of fused-ring (bicyclic) bond motifs is 1. The molecule has 1 amide bonds. The van der Waals surface area contributed by atoms with E-state index < -0.39 is 9.75 Å². The van der Waals surface area contributed by atoms with Crippen LogP contribution in [0.25, 0.3) is 11.0 Å². The van der Waals surface area contributed by atoms with Crippen LogP contribution >= 0.6 is 23.2 Å². The lowest BCUT2D eigenvalue weighted by molar-refractivity contribution is -0.137. The molecule has 21 heavy (non-hydrogen) atoms. The molecule has 1 aliphatic carbocycles. The second-order valence-electron chi connectivity index (χ2n) is 5.99. The van der Waals surface area contributed by atoms with Crippen molar-refractivity contribution < 1.29 is 9.21 Å². The van der Waals surface area contributed by atoms with Gasteiger partial charge in [0.25, 0.3) is 0 Å². The Morgan fingerprint density at radius 3 is 2.57 bits per heavy atom. The van der Waals surface area contributed by atoms with Crippen LogP contribution in [0.3, 0.4) is 0 Å². The highest BCUT2D eigenvalue weighted by Crippen LogP contribution is 2.64. The van der Waals surface area contributed by atoms with Gasteiger partial charge in [-0.05, 0) is 32.4 Å². The number of amides is 1. The van der Waals surface area contributed by atoms with Gasteiger partial charge < -0.3 is 9.32 Å². The summed E-state index contributed by atoms with van der Waals surface area (Å²) in [5.41, 5.74) is 0.118. The number of carbonyl (C=O) groups is 1. The number of carbonyl (C=O) groups excluding carboxylic acids is 1. The normalized spacial score (nSPS) is 24.8. The van der Waals surface area contributed by atoms with E-state index in [4.69, 9.17) is 27.6 Å². The summed E-state index contributed by atoms with van der Waals surface area (Å²) in [4.78, 5) is 14.2. The minimum Gasteiger partial charge on any atom is -0.459 e. The van der Waals surface area contributed by atoms with Crippen molar-refractivity contribution in [3.8, 4) is 0 Å². The van der Waals surface area contributed by atoms with Crippen molar-refractivity contribution in [2.24, 2.45) is 5.41 Å². The van der Waals surface area contributed by atoms with Gasteiger partial charge in [0, 0.05) is 12.4 Å². The standard InChI is InChI=1S/C16H17Cl2NO2/c1-10(13-8-11-6-4-5-7-12(11)21-13)19(3)14(20)15(2)9-16(15,17)18/h4-8,10H,9H2,1-3H3/t10-,15+/m1/s1. The number of para-hydroxylation sites is 1. The lowest BCUT2D eigenvalue weighted by Gasteiger charge is -2.27. The number of hydrogen-bond donors (Lipinski definition) is 0. The molecule has 3 rings (SSSR count). The highest BCUT2D eigenvalue weighted by atomic mass is 35.5. The van der Waals surface area contributed by atoms with Crippen molar-refractivity contribution in [2.45, 2.75) is 30.6 Å². The molecule has 2 aromatic rings. The minimum atomic E-state index is -0.952. The summed E-state index contributed by atoms with van der Waals surface area (Å²) in [6.45, 7) is 3.74. The van der Waals surface area contributed by atoms with Crippen molar-refractivity contribution in [3.05, 3.63) is 36.1 Å². The van der Waals surface area contributed by atoms with Crippen LogP contribution in [-0.2, 0) is 4.79 Å². The Balaban J connectivity index is 1.84. The number of halogens is 2. The average molecular weight is 326 g/mol. The minimum absolute atomic E-state index is 0.0551. The van der Waals surface area contributed by atoms with Gasteiger partial charge in [-0.15, -0.1) is 23.2 Å². The van der Waals surface area contributed by atoms with Crippen LogP contribution in [0.1, 0.15) is 32.1 Å². The molecule has 0 N–H and O–H groups in total. The fourth-order valence-electron chi connectivity index (χ4n) is 2.60. The first-order valence-corrected chi connectivity index (χ1v) is 7.65. The number of nitrogens with zero attached hydrogens (tertiary/aromatic N) is 1. The molecule has 0 bridgehead atoms. The molecule has 0 aliphatic heterocycles. The summed E-state index contributed by atoms with van der Waals surface area (Å²) < 4.78 is 4.87. The third-order valence-corrected chi connectivity index (χ3v) is 5.59. The van der Waals surface area contributed by atoms with Crippen molar-refractivity contribution in [3.63, 3.8) is 0 Å². The average Bonchev–Trinajstić information content (AvgIpc) is 2.82. The largest absolute Gasteiger partial charge is 0.459 e. The zero-order valence-corrected chi connectivity index (χ0v) is 13.7. The van der Waals surface area contributed by atoms with Gasteiger partial charge in [0.05, 0.1) is 11.5 Å². The smallest absolute Gasteiger partial charge is 0.232 e. The fourth-order valence-corrected chi connectivity index (χ4v) is 3.29. The first-order valence-electron chi connectivity index (χ1n) is 6.90. The molecular formula is C16H17Cl2NO2. The molecule has 1 aliphatic rings. The van der Waals surface area contributed by atoms with Crippen molar-refractivity contribution in [1.82, 2.24) is 4.90 Å². The zero-order chi connectivity index (χ0) is 15.4. The van der Waals surface area contributed by atoms with Crippen LogP contribution in [0, 0.1) is 5.41 Å². The zero-order valence-electron chi connectivity index (χ0n) is 12.2. The van der Waals surface area contributed by atoms with Crippen molar-refractivity contribution in [2.75, 3.05) is 7.05 Å². The molecule has 0 saturated heterocycles. The third-order valence-electron chi connectivity index (χ3n) is 4.49.